The Kier molecular flexibility index (Phi) is 7.14. The molecule has 0 saturated heterocycles. The average molecular weight is 410 g/mol. The summed E-state index contributed by atoms with van der Waals surface area (Å²) in [7, 11) is 0. The normalized spacial score (nSPS) is 19.1. The van der Waals surface area contributed by atoms with E-state index in [1.807, 2.05) is 19.9 Å². The molecule has 1 aliphatic heterocycles. The number of nitro benzene ring substituents is 1. The monoisotopic (exact) mass is 410 g/mol. The zero-order valence-electron chi connectivity index (χ0n) is 16.4. The maximum absolute atomic E-state index is 11.1. The first kappa shape index (κ1) is 21.8. The predicted molar refractivity (Wildman–Crippen MR) is 106 cm³/mol. The molecule has 1 amide bonds. The Morgan fingerprint density at radius 3 is 2.71 bits per heavy atom. The molecule has 1 aromatic rings. The molecular formula is C18H26N4O5S. The highest BCUT2D eigenvalue weighted by molar-refractivity contribution is 8.03. The van der Waals surface area contributed by atoms with E-state index >= 15 is 0 Å². The third-order valence-corrected chi connectivity index (χ3v) is 5.33. The molecular weight excluding hydrogens is 384 g/mol. The van der Waals surface area contributed by atoms with Gasteiger partial charge in [0.2, 0.25) is 5.85 Å². The molecule has 1 unspecified atom stereocenters. The molecule has 3 N–H and O–H groups in total. The maximum atomic E-state index is 11.1. The van der Waals surface area contributed by atoms with Crippen molar-refractivity contribution in [2.45, 2.75) is 38.4 Å². The topological polar surface area (TPSA) is 120 Å². The van der Waals surface area contributed by atoms with Crippen LogP contribution in [-0.4, -0.2) is 41.5 Å². The van der Waals surface area contributed by atoms with E-state index in [9.17, 15) is 14.9 Å². The second-order valence-corrected chi connectivity index (χ2v) is 7.66. The second kappa shape index (κ2) is 9.16. The van der Waals surface area contributed by atoms with Crippen LogP contribution in [-0.2, 0) is 9.47 Å². The molecule has 0 aliphatic carbocycles. The standard InChI is InChI=1S/C18H26N4O5S/c1-5-21-16(28-14-8-6-7-13(11-14)22(24)25)15(12(2)3)20-18(21,4)27-10-9-26-17(19)23/h6-8,11-12,20H,5,9-10H2,1-4H3,(H2,19,23). The van der Waals surface area contributed by atoms with Crippen LogP contribution in [0.4, 0.5) is 10.5 Å². The number of primary amides is 1. The molecule has 1 atom stereocenters. The van der Waals surface area contributed by atoms with Crippen molar-refractivity contribution < 1.29 is 19.2 Å². The number of thioether (sulfide) groups is 1. The highest BCUT2D eigenvalue weighted by Gasteiger charge is 2.42. The summed E-state index contributed by atoms with van der Waals surface area (Å²) in [6.07, 6.45) is -0.844. The van der Waals surface area contributed by atoms with Crippen LogP contribution in [0.15, 0.2) is 39.9 Å². The highest BCUT2D eigenvalue weighted by Crippen LogP contribution is 2.42. The molecule has 154 valence electrons. The predicted octanol–water partition coefficient (Wildman–Crippen LogP) is 3.22. The van der Waals surface area contributed by atoms with Crippen molar-refractivity contribution in [1.82, 2.24) is 10.2 Å². The van der Waals surface area contributed by atoms with Gasteiger partial charge < -0.3 is 25.4 Å². The zero-order chi connectivity index (χ0) is 20.9. The van der Waals surface area contributed by atoms with Gasteiger partial charge in [-0.15, -0.1) is 0 Å². The number of carbonyl (C=O) groups is 1. The Morgan fingerprint density at radius 2 is 2.14 bits per heavy atom. The molecule has 0 aromatic heterocycles. The van der Waals surface area contributed by atoms with Crippen LogP contribution in [0, 0.1) is 16.0 Å². The number of hydrogen-bond acceptors (Lipinski definition) is 8. The van der Waals surface area contributed by atoms with Crippen molar-refractivity contribution >= 4 is 23.5 Å². The Balaban J connectivity index is 2.24. The molecule has 10 heteroatoms. The number of hydrogen-bond donors (Lipinski definition) is 2. The third kappa shape index (κ3) is 5.08. The van der Waals surface area contributed by atoms with Crippen LogP contribution in [0.25, 0.3) is 0 Å². The summed E-state index contributed by atoms with van der Waals surface area (Å²) in [5.41, 5.74) is 6.01. The summed E-state index contributed by atoms with van der Waals surface area (Å²) in [4.78, 5) is 24.2. The molecule has 0 radical (unpaired) electrons. The first-order chi connectivity index (χ1) is 13.2. The van der Waals surface area contributed by atoms with E-state index in [2.05, 4.69) is 24.1 Å². The van der Waals surface area contributed by atoms with Gasteiger partial charge in [0.05, 0.1) is 16.6 Å². The van der Waals surface area contributed by atoms with Gasteiger partial charge in [0.25, 0.3) is 5.69 Å². The van der Waals surface area contributed by atoms with Crippen molar-refractivity contribution in [1.29, 1.82) is 0 Å². The zero-order valence-corrected chi connectivity index (χ0v) is 17.2. The van der Waals surface area contributed by atoms with Crippen LogP contribution in [0.1, 0.15) is 27.7 Å². The van der Waals surface area contributed by atoms with Gasteiger partial charge in [-0.3, -0.25) is 10.1 Å². The lowest BCUT2D eigenvalue weighted by molar-refractivity contribution is -0.385. The number of ether oxygens (including phenoxy) is 2. The minimum atomic E-state index is -0.844. The van der Waals surface area contributed by atoms with Crippen molar-refractivity contribution in [3.05, 3.63) is 45.1 Å². The number of allylic oxidation sites excluding steroid dienone is 1. The lowest BCUT2D eigenvalue weighted by Gasteiger charge is -2.37. The first-order valence-electron chi connectivity index (χ1n) is 8.96. The SMILES string of the molecule is CCN1C(Sc2cccc([N+](=O)[O-])c2)=C(C(C)C)NC1(C)OCCOC(N)=O. The summed E-state index contributed by atoms with van der Waals surface area (Å²) >= 11 is 1.45. The van der Waals surface area contributed by atoms with E-state index in [0.717, 1.165) is 15.6 Å². The van der Waals surface area contributed by atoms with E-state index in [1.54, 1.807) is 12.1 Å². The number of nitrogens with zero attached hydrogens (tertiary/aromatic N) is 2. The minimum absolute atomic E-state index is 0.0494. The number of nitrogens with two attached hydrogens (primary N) is 1. The summed E-state index contributed by atoms with van der Waals surface area (Å²) in [5, 5.41) is 15.4. The molecule has 0 bridgehead atoms. The van der Waals surface area contributed by atoms with Gasteiger partial charge in [0, 0.05) is 36.2 Å². The van der Waals surface area contributed by atoms with E-state index in [1.165, 1.54) is 17.8 Å². The van der Waals surface area contributed by atoms with Gasteiger partial charge in [-0.05, 0) is 18.9 Å². The average Bonchev–Trinajstić information content (AvgIpc) is 2.91. The number of rotatable bonds is 9. The Labute approximate surface area is 168 Å². The van der Waals surface area contributed by atoms with Crippen LogP contribution < -0.4 is 11.1 Å². The number of amides is 1. The molecule has 9 nitrogen and oxygen atoms in total. The largest absolute Gasteiger partial charge is 0.447 e. The molecule has 0 saturated carbocycles. The van der Waals surface area contributed by atoms with E-state index < -0.39 is 16.9 Å². The summed E-state index contributed by atoms with van der Waals surface area (Å²) in [6.45, 7) is 8.88. The summed E-state index contributed by atoms with van der Waals surface area (Å²) in [5.74, 6) is -0.652. The Bertz CT molecular complexity index is 770. The lowest BCUT2D eigenvalue weighted by atomic mass is 10.1. The Hall–Kier alpha value is -2.46. The van der Waals surface area contributed by atoms with Crippen LogP contribution in [0.3, 0.4) is 0 Å². The molecule has 2 rings (SSSR count). The first-order valence-corrected chi connectivity index (χ1v) is 9.78. The number of non-ortho nitro benzene ring substituents is 1. The Morgan fingerprint density at radius 1 is 1.43 bits per heavy atom. The third-order valence-electron chi connectivity index (χ3n) is 4.20. The van der Waals surface area contributed by atoms with Gasteiger partial charge in [0.1, 0.15) is 6.61 Å². The van der Waals surface area contributed by atoms with Crippen LogP contribution >= 0.6 is 11.8 Å². The van der Waals surface area contributed by atoms with Gasteiger partial charge in [-0.2, -0.15) is 0 Å². The molecule has 0 spiro atoms. The van der Waals surface area contributed by atoms with E-state index in [4.69, 9.17) is 15.2 Å². The van der Waals surface area contributed by atoms with Crippen molar-refractivity contribution in [3.63, 3.8) is 0 Å². The molecule has 1 aromatic carbocycles. The maximum Gasteiger partial charge on any atom is 0.404 e. The van der Waals surface area contributed by atoms with E-state index in [0.29, 0.717) is 6.54 Å². The van der Waals surface area contributed by atoms with Crippen molar-refractivity contribution in [2.24, 2.45) is 11.7 Å². The number of nitro groups is 1. The van der Waals surface area contributed by atoms with Crippen LogP contribution in [0.2, 0.25) is 0 Å². The van der Waals surface area contributed by atoms with Gasteiger partial charge >= 0.3 is 6.09 Å². The fourth-order valence-electron chi connectivity index (χ4n) is 2.93. The molecule has 1 heterocycles. The smallest absolute Gasteiger partial charge is 0.404 e. The summed E-state index contributed by atoms with van der Waals surface area (Å²) in [6, 6.07) is 6.54. The lowest BCUT2D eigenvalue weighted by Crippen LogP contribution is -2.53. The number of nitrogens with one attached hydrogen (secondary N) is 1. The van der Waals surface area contributed by atoms with Crippen molar-refractivity contribution in [2.75, 3.05) is 19.8 Å². The molecule has 0 fully saturated rings. The minimum Gasteiger partial charge on any atom is -0.447 e. The summed E-state index contributed by atoms with van der Waals surface area (Å²) < 4.78 is 10.7. The quantitative estimate of drug-likeness (QED) is 0.362. The highest BCUT2D eigenvalue weighted by atomic mass is 32.2. The fourth-order valence-corrected chi connectivity index (χ4v) is 4.29. The van der Waals surface area contributed by atoms with Crippen LogP contribution in [0.5, 0.6) is 0 Å². The van der Waals surface area contributed by atoms with Crippen molar-refractivity contribution in [3.8, 4) is 0 Å². The number of carbonyl (C=O) groups excluding carboxylic acids is 1. The molecule has 28 heavy (non-hydrogen) atoms. The van der Waals surface area contributed by atoms with Gasteiger partial charge in [-0.25, -0.2) is 4.79 Å². The van der Waals surface area contributed by atoms with Gasteiger partial charge in [-0.1, -0.05) is 31.7 Å². The van der Waals surface area contributed by atoms with E-state index in [-0.39, 0.29) is 24.8 Å². The second-order valence-electron chi connectivity index (χ2n) is 6.60. The molecule has 1 aliphatic rings. The fraction of sp³-hybridized carbons (Fsp3) is 0.500. The van der Waals surface area contributed by atoms with Gasteiger partial charge in [0.15, 0.2) is 0 Å². The number of benzene rings is 1.